The monoisotopic (exact) mass is 381 g/mol. The van der Waals surface area contributed by atoms with Gasteiger partial charge in [0.1, 0.15) is 5.82 Å². The van der Waals surface area contributed by atoms with Crippen LogP contribution in [0.2, 0.25) is 0 Å². The van der Waals surface area contributed by atoms with Gasteiger partial charge in [-0.05, 0) is 62.0 Å². The molecule has 1 aliphatic heterocycles. The zero-order valence-corrected chi connectivity index (χ0v) is 14.8. The minimum Gasteiger partial charge on any atom is -0.465 e. The minimum absolute atomic E-state index is 0.125. The maximum absolute atomic E-state index is 12.6. The number of halogens is 3. The van der Waals surface area contributed by atoms with Crippen molar-refractivity contribution in [3.8, 4) is 5.82 Å². The average molecular weight is 381 g/mol. The molecule has 0 saturated carbocycles. The van der Waals surface area contributed by atoms with Crippen LogP contribution >= 0.6 is 0 Å². The quantitative estimate of drug-likeness (QED) is 0.780. The van der Waals surface area contributed by atoms with E-state index in [9.17, 15) is 18.0 Å². The van der Waals surface area contributed by atoms with Crippen LogP contribution < -0.4 is 5.32 Å². The molecule has 1 aliphatic rings. The molecule has 0 aromatic carbocycles. The van der Waals surface area contributed by atoms with Gasteiger partial charge in [-0.2, -0.15) is 13.2 Å². The molecule has 0 spiro atoms. The molecule has 8 heteroatoms. The molecular weight excluding hydrogens is 359 g/mol. The Morgan fingerprint density at radius 1 is 1.26 bits per heavy atom. The van der Waals surface area contributed by atoms with Gasteiger partial charge >= 0.3 is 12.1 Å². The molecular formula is C19H22F3N3O2. The standard InChI is InChI=1S/C19H22F3N3O2/c20-19(21,22)16-1-2-17(24-12-16)25-9-5-15(13-25)11-18(26)27-10-6-14-3-7-23-8-4-14/h1-2,5,9,12-14,23H,3-4,6-8,10-11H2. The first kappa shape index (κ1) is 19.4. The van der Waals surface area contributed by atoms with Crippen molar-refractivity contribution in [1.29, 1.82) is 0 Å². The van der Waals surface area contributed by atoms with Crippen LogP contribution in [0.1, 0.15) is 30.4 Å². The van der Waals surface area contributed by atoms with Crippen molar-refractivity contribution < 1.29 is 22.7 Å². The summed E-state index contributed by atoms with van der Waals surface area (Å²) in [5.74, 6) is 0.654. The van der Waals surface area contributed by atoms with E-state index in [0.29, 0.717) is 18.3 Å². The molecule has 1 saturated heterocycles. The van der Waals surface area contributed by atoms with Crippen LogP contribution in [-0.2, 0) is 22.1 Å². The molecule has 0 radical (unpaired) electrons. The van der Waals surface area contributed by atoms with E-state index < -0.39 is 11.7 Å². The Kier molecular flexibility index (Phi) is 6.15. The van der Waals surface area contributed by atoms with E-state index in [1.165, 1.54) is 6.07 Å². The molecule has 3 rings (SSSR count). The summed E-state index contributed by atoms with van der Waals surface area (Å²) >= 11 is 0. The van der Waals surface area contributed by atoms with Gasteiger partial charge in [0.05, 0.1) is 18.6 Å². The van der Waals surface area contributed by atoms with Crippen molar-refractivity contribution in [2.75, 3.05) is 19.7 Å². The van der Waals surface area contributed by atoms with E-state index in [2.05, 4.69) is 10.3 Å². The fourth-order valence-electron chi connectivity index (χ4n) is 3.12. The zero-order valence-electron chi connectivity index (χ0n) is 14.8. The number of hydrogen-bond acceptors (Lipinski definition) is 4. The lowest BCUT2D eigenvalue weighted by atomic mass is 9.95. The van der Waals surface area contributed by atoms with Crippen LogP contribution in [0.4, 0.5) is 13.2 Å². The molecule has 0 unspecified atom stereocenters. The Labute approximate surface area is 155 Å². The lowest BCUT2D eigenvalue weighted by Gasteiger charge is -2.22. The van der Waals surface area contributed by atoms with Crippen molar-refractivity contribution in [2.24, 2.45) is 5.92 Å². The van der Waals surface area contributed by atoms with E-state index in [1.54, 1.807) is 23.0 Å². The van der Waals surface area contributed by atoms with Crippen molar-refractivity contribution in [3.05, 3.63) is 47.9 Å². The van der Waals surface area contributed by atoms with Crippen LogP contribution in [0.15, 0.2) is 36.8 Å². The Bertz CT molecular complexity index is 750. The highest BCUT2D eigenvalue weighted by Gasteiger charge is 2.30. The Morgan fingerprint density at radius 3 is 2.70 bits per heavy atom. The third kappa shape index (κ3) is 5.56. The molecule has 1 N–H and O–H groups in total. The molecule has 146 valence electrons. The normalized spacial score (nSPS) is 15.7. The van der Waals surface area contributed by atoms with Crippen molar-refractivity contribution >= 4 is 5.97 Å². The molecule has 27 heavy (non-hydrogen) atoms. The third-order valence-electron chi connectivity index (χ3n) is 4.69. The van der Waals surface area contributed by atoms with Crippen molar-refractivity contribution in [1.82, 2.24) is 14.9 Å². The number of esters is 1. The number of nitrogens with one attached hydrogen (secondary N) is 1. The van der Waals surface area contributed by atoms with E-state index >= 15 is 0 Å². The van der Waals surface area contributed by atoms with Gasteiger partial charge in [0.15, 0.2) is 0 Å². The summed E-state index contributed by atoms with van der Waals surface area (Å²) in [6.07, 6.45) is 2.94. The van der Waals surface area contributed by atoms with E-state index in [4.69, 9.17) is 4.74 Å². The molecule has 2 aromatic rings. The molecule has 1 fully saturated rings. The predicted octanol–water partition coefficient (Wildman–Crippen LogP) is 3.37. The fraction of sp³-hybridized carbons (Fsp3) is 0.474. The Morgan fingerprint density at radius 2 is 2.04 bits per heavy atom. The van der Waals surface area contributed by atoms with Gasteiger partial charge in [0.25, 0.3) is 0 Å². The van der Waals surface area contributed by atoms with E-state index in [-0.39, 0.29) is 12.4 Å². The molecule has 2 aromatic heterocycles. The number of ether oxygens (including phenoxy) is 1. The number of carbonyl (C=O) groups excluding carboxylic acids is 1. The van der Waals surface area contributed by atoms with Gasteiger partial charge < -0.3 is 14.6 Å². The topological polar surface area (TPSA) is 56.2 Å². The SMILES string of the molecule is O=C(Cc1ccn(-c2ccc(C(F)(F)F)cn2)c1)OCCC1CCNCC1. The lowest BCUT2D eigenvalue weighted by molar-refractivity contribution is -0.143. The summed E-state index contributed by atoms with van der Waals surface area (Å²) < 4.78 is 44.7. The van der Waals surface area contributed by atoms with Crippen molar-refractivity contribution in [2.45, 2.75) is 31.9 Å². The Hall–Kier alpha value is -2.35. The number of rotatable bonds is 6. The summed E-state index contributed by atoms with van der Waals surface area (Å²) in [6.45, 7) is 2.46. The highest BCUT2D eigenvalue weighted by atomic mass is 19.4. The van der Waals surface area contributed by atoms with Gasteiger partial charge in [0.2, 0.25) is 0 Å². The fourth-order valence-corrected chi connectivity index (χ4v) is 3.12. The second kappa shape index (κ2) is 8.56. The number of pyridine rings is 1. The van der Waals surface area contributed by atoms with Gasteiger partial charge in [-0.15, -0.1) is 0 Å². The number of piperidine rings is 1. The van der Waals surface area contributed by atoms with Crippen LogP contribution in [0.25, 0.3) is 5.82 Å². The molecule has 0 aliphatic carbocycles. The van der Waals surface area contributed by atoms with Crippen LogP contribution in [0, 0.1) is 5.92 Å². The molecule has 3 heterocycles. The maximum Gasteiger partial charge on any atom is 0.417 e. The highest BCUT2D eigenvalue weighted by Crippen LogP contribution is 2.28. The predicted molar refractivity (Wildman–Crippen MR) is 93.4 cm³/mol. The summed E-state index contributed by atoms with van der Waals surface area (Å²) in [7, 11) is 0. The molecule has 0 atom stereocenters. The number of alkyl halides is 3. The van der Waals surface area contributed by atoms with Crippen molar-refractivity contribution in [3.63, 3.8) is 0 Å². The highest BCUT2D eigenvalue weighted by molar-refractivity contribution is 5.72. The summed E-state index contributed by atoms with van der Waals surface area (Å²) in [5.41, 5.74) is -0.0699. The Balaban J connectivity index is 1.49. The number of nitrogens with zero attached hydrogens (tertiary/aromatic N) is 2. The van der Waals surface area contributed by atoms with Gasteiger partial charge in [-0.25, -0.2) is 4.98 Å². The van der Waals surface area contributed by atoms with Crippen LogP contribution in [0.5, 0.6) is 0 Å². The summed E-state index contributed by atoms with van der Waals surface area (Å²) in [6, 6.07) is 4.01. The smallest absolute Gasteiger partial charge is 0.417 e. The first-order chi connectivity index (χ1) is 12.9. The van der Waals surface area contributed by atoms with Crippen LogP contribution in [0.3, 0.4) is 0 Å². The molecule has 0 bridgehead atoms. The first-order valence-corrected chi connectivity index (χ1v) is 8.98. The van der Waals surface area contributed by atoms with Gasteiger partial charge in [-0.1, -0.05) is 0 Å². The third-order valence-corrected chi connectivity index (χ3v) is 4.69. The second-order valence-electron chi connectivity index (χ2n) is 6.71. The number of aromatic nitrogens is 2. The lowest BCUT2D eigenvalue weighted by Crippen LogP contribution is -2.28. The van der Waals surface area contributed by atoms with E-state index in [0.717, 1.165) is 50.2 Å². The first-order valence-electron chi connectivity index (χ1n) is 8.98. The van der Waals surface area contributed by atoms with Gasteiger partial charge in [-0.3, -0.25) is 4.79 Å². The van der Waals surface area contributed by atoms with Crippen LogP contribution in [-0.4, -0.2) is 35.2 Å². The van der Waals surface area contributed by atoms with E-state index in [1.807, 2.05) is 0 Å². The largest absolute Gasteiger partial charge is 0.465 e. The average Bonchev–Trinajstić information content (AvgIpc) is 3.10. The minimum atomic E-state index is -4.41. The zero-order chi connectivity index (χ0) is 19.3. The maximum atomic E-state index is 12.6. The summed E-state index contributed by atoms with van der Waals surface area (Å²) in [4.78, 5) is 15.8. The number of hydrogen-bond donors (Lipinski definition) is 1. The van der Waals surface area contributed by atoms with Gasteiger partial charge in [0, 0.05) is 18.6 Å². The number of carbonyl (C=O) groups is 1. The molecule has 5 nitrogen and oxygen atoms in total. The second-order valence-corrected chi connectivity index (χ2v) is 6.71. The summed E-state index contributed by atoms with van der Waals surface area (Å²) in [5, 5.41) is 3.30. The molecule has 0 amide bonds.